The fourth-order valence-electron chi connectivity index (χ4n) is 1.13. The lowest BCUT2D eigenvalue weighted by Gasteiger charge is -2.12. The maximum atomic E-state index is 9.06. The molecule has 0 fully saturated rings. The summed E-state index contributed by atoms with van der Waals surface area (Å²) in [6, 6.07) is 4.05. The lowest BCUT2D eigenvalue weighted by molar-refractivity contribution is 0.185. The van der Waals surface area contributed by atoms with Crippen molar-refractivity contribution in [2.75, 3.05) is 6.54 Å². The minimum Gasteiger partial charge on any atom is -0.465 e. The van der Waals surface area contributed by atoms with Gasteiger partial charge in [0.15, 0.2) is 0 Å². The summed E-state index contributed by atoms with van der Waals surface area (Å²) in [5.41, 5.74) is 0. The zero-order valence-corrected chi connectivity index (χ0v) is 8.37. The topological polar surface area (TPSA) is 45.4 Å². The van der Waals surface area contributed by atoms with E-state index in [1.165, 1.54) is 0 Å². The molecule has 3 nitrogen and oxygen atoms in total. The molecule has 0 saturated carbocycles. The average Bonchev–Trinajstić information content (AvgIpc) is 2.47. The predicted octanol–water partition coefficient (Wildman–Crippen LogP) is 1.62. The highest BCUT2D eigenvalue weighted by Crippen LogP contribution is 2.14. The summed E-state index contributed by atoms with van der Waals surface area (Å²) >= 11 is 0. The first-order valence-electron chi connectivity index (χ1n) is 4.57. The Balaban J connectivity index is 2.44. The van der Waals surface area contributed by atoms with Crippen LogP contribution >= 0.6 is 0 Å². The van der Waals surface area contributed by atoms with Gasteiger partial charge in [0.2, 0.25) is 0 Å². The molecule has 1 aromatic rings. The van der Waals surface area contributed by atoms with Crippen LogP contribution in [-0.4, -0.2) is 17.8 Å². The third kappa shape index (κ3) is 3.20. The molecule has 0 aliphatic heterocycles. The normalized spacial score (nSPS) is 15.7. The largest absolute Gasteiger partial charge is 0.465 e. The number of nitrogens with one attached hydrogen (secondary N) is 1. The molecule has 3 heteroatoms. The first-order valence-corrected chi connectivity index (χ1v) is 4.57. The maximum Gasteiger partial charge on any atom is 0.120 e. The van der Waals surface area contributed by atoms with Crippen LogP contribution in [-0.2, 0) is 0 Å². The standard InChI is InChI=1S/C10H17NO2/c1-7(12)6-11-9(3)10-5-4-8(2)13-10/h4-5,7,9,11-12H,6H2,1-3H3/t7-,9-/m1/s1. The van der Waals surface area contributed by atoms with Crippen LogP contribution in [0.1, 0.15) is 31.4 Å². The van der Waals surface area contributed by atoms with Gasteiger partial charge >= 0.3 is 0 Å². The summed E-state index contributed by atoms with van der Waals surface area (Å²) in [4.78, 5) is 0. The molecule has 1 rings (SSSR count). The van der Waals surface area contributed by atoms with Crippen LogP contribution in [0.3, 0.4) is 0 Å². The van der Waals surface area contributed by atoms with Crippen molar-refractivity contribution in [1.82, 2.24) is 5.32 Å². The quantitative estimate of drug-likeness (QED) is 0.745. The van der Waals surface area contributed by atoms with Crippen molar-refractivity contribution in [2.24, 2.45) is 0 Å². The second kappa shape index (κ2) is 4.44. The number of rotatable bonds is 4. The molecule has 0 spiro atoms. The summed E-state index contributed by atoms with van der Waals surface area (Å²) < 4.78 is 5.43. The molecule has 2 N–H and O–H groups in total. The third-order valence-electron chi connectivity index (χ3n) is 1.91. The Kier molecular flexibility index (Phi) is 3.51. The number of aliphatic hydroxyl groups excluding tert-OH is 1. The molecule has 0 aliphatic rings. The molecule has 74 valence electrons. The van der Waals surface area contributed by atoms with E-state index in [1.807, 2.05) is 26.0 Å². The Morgan fingerprint density at radius 1 is 1.46 bits per heavy atom. The van der Waals surface area contributed by atoms with Crippen LogP contribution in [0.25, 0.3) is 0 Å². The van der Waals surface area contributed by atoms with E-state index < -0.39 is 0 Å². The van der Waals surface area contributed by atoms with Crippen LogP contribution in [0.2, 0.25) is 0 Å². The highest BCUT2D eigenvalue weighted by atomic mass is 16.3. The fourth-order valence-corrected chi connectivity index (χ4v) is 1.13. The van der Waals surface area contributed by atoms with Gasteiger partial charge < -0.3 is 14.8 Å². The van der Waals surface area contributed by atoms with Crippen molar-refractivity contribution in [1.29, 1.82) is 0 Å². The molecule has 2 atom stereocenters. The Hall–Kier alpha value is -0.800. The molecule has 0 radical (unpaired) electrons. The monoisotopic (exact) mass is 183 g/mol. The molecule has 0 saturated heterocycles. The molecule has 0 unspecified atom stereocenters. The fraction of sp³-hybridized carbons (Fsp3) is 0.600. The van der Waals surface area contributed by atoms with Gasteiger partial charge in [-0.15, -0.1) is 0 Å². The van der Waals surface area contributed by atoms with Crippen LogP contribution in [0, 0.1) is 6.92 Å². The molecule has 0 aromatic carbocycles. The van der Waals surface area contributed by atoms with Crippen molar-refractivity contribution in [3.8, 4) is 0 Å². The Morgan fingerprint density at radius 3 is 2.62 bits per heavy atom. The van der Waals surface area contributed by atoms with Crippen LogP contribution in [0.4, 0.5) is 0 Å². The van der Waals surface area contributed by atoms with Gasteiger partial charge in [-0.2, -0.15) is 0 Å². The Morgan fingerprint density at radius 2 is 2.15 bits per heavy atom. The van der Waals surface area contributed by atoms with Crippen molar-refractivity contribution < 1.29 is 9.52 Å². The first-order chi connectivity index (χ1) is 6.09. The Labute approximate surface area is 78.8 Å². The van der Waals surface area contributed by atoms with Gasteiger partial charge in [0.1, 0.15) is 11.5 Å². The average molecular weight is 183 g/mol. The van der Waals surface area contributed by atoms with Crippen molar-refractivity contribution >= 4 is 0 Å². The third-order valence-corrected chi connectivity index (χ3v) is 1.91. The minimum absolute atomic E-state index is 0.156. The van der Waals surface area contributed by atoms with Gasteiger partial charge in [-0.25, -0.2) is 0 Å². The van der Waals surface area contributed by atoms with Gasteiger partial charge in [-0.3, -0.25) is 0 Å². The molecule has 0 amide bonds. The molecule has 0 aliphatic carbocycles. The van der Waals surface area contributed by atoms with E-state index in [-0.39, 0.29) is 12.1 Å². The lowest BCUT2D eigenvalue weighted by Crippen LogP contribution is -2.26. The van der Waals surface area contributed by atoms with Crippen LogP contribution in [0.5, 0.6) is 0 Å². The maximum absolute atomic E-state index is 9.06. The second-order valence-corrected chi connectivity index (χ2v) is 3.43. The van der Waals surface area contributed by atoms with Crippen LogP contribution < -0.4 is 5.32 Å². The number of hydrogen-bond donors (Lipinski definition) is 2. The number of hydrogen-bond acceptors (Lipinski definition) is 3. The van der Waals surface area contributed by atoms with E-state index in [1.54, 1.807) is 6.92 Å². The van der Waals surface area contributed by atoms with Crippen LogP contribution in [0.15, 0.2) is 16.5 Å². The summed E-state index contributed by atoms with van der Waals surface area (Å²) in [5.74, 6) is 1.83. The van der Waals surface area contributed by atoms with Crippen molar-refractivity contribution in [3.63, 3.8) is 0 Å². The van der Waals surface area contributed by atoms with Gasteiger partial charge in [0, 0.05) is 6.54 Å². The SMILES string of the molecule is Cc1ccc([C@@H](C)NC[C@@H](C)O)o1. The minimum atomic E-state index is -0.321. The van der Waals surface area contributed by atoms with E-state index >= 15 is 0 Å². The van der Waals surface area contributed by atoms with E-state index in [4.69, 9.17) is 9.52 Å². The summed E-state index contributed by atoms with van der Waals surface area (Å²) in [6.07, 6.45) is -0.321. The van der Waals surface area contributed by atoms with E-state index in [2.05, 4.69) is 5.32 Å². The van der Waals surface area contributed by atoms with Crippen molar-refractivity contribution in [3.05, 3.63) is 23.7 Å². The number of furan rings is 1. The smallest absolute Gasteiger partial charge is 0.120 e. The molecule has 1 aromatic heterocycles. The van der Waals surface area contributed by atoms with Gasteiger partial charge in [0.25, 0.3) is 0 Å². The molecule has 1 heterocycles. The predicted molar refractivity (Wildman–Crippen MR) is 51.5 cm³/mol. The van der Waals surface area contributed by atoms with Crippen molar-refractivity contribution in [2.45, 2.75) is 32.9 Å². The summed E-state index contributed by atoms with van der Waals surface area (Å²) in [7, 11) is 0. The van der Waals surface area contributed by atoms with E-state index in [0.29, 0.717) is 6.54 Å². The lowest BCUT2D eigenvalue weighted by atomic mass is 10.2. The first kappa shape index (κ1) is 10.3. The second-order valence-electron chi connectivity index (χ2n) is 3.43. The Bertz CT molecular complexity index is 255. The number of aryl methyl sites for hydroxylation is 1. The summed E-state index contributed by atoms with van der Waals surface area (Å²) in [5, 5.41) is 12.2. The van der Waals surface area contributed by atoms with Gasteiger partial charge in [-0.05, 0) is 32.9 Å². The van der Waals surface area contributed by atoms with E-state index in [9.17, 15) is 0 Å². The van der Waals surface area contributed by atoms with E-state index in [0.717, 1.165) is 11.5 Å². The zero-order chi connectivity index (χ0) is 9.84. The molecule has 13 heavy (non-hydrogen) atoms. The molecular formula is C10H17NO2. The zero-order valence-electron chi connectivity index (χ0n) is 8.37. The molecule has 0 bridgehead atoms. The van der Waals surface area contributed by atoms with Gasteiger partial charge in [-0.1, -0.05) is 0 Å². The molecular weight excluding hydrogens is 166 g/mol. The van der Waals surface area contributed by atoms with Gasteiger partial charge in [0.05, 0.1) is 12.1 Å². The summed E-state index contributed by atoms with van der Waals surface area (Å²) in [6.45, 7) is 6.28. The highest BCUT2D eigenvalue weighted by Gasteiger charge is 2.08. The number of aliphatic hydroxyl groups is 1. The highest BCUT2D eigenvalue weighted by molar-refractivity contribution is 5.08.